The molecule has 5 nitrogen and oxygen atoms in total. The Balaban J connectivity index is 3.52. The van der Waals surface area contributed by atoms with E-state index >= 15 is 0 Å². The smallest absolute Gasteiger partial charge is 0.317 e. The van der Waals surface area contributed by atoms with Crippen molar-refractivity contribution in [2.45, 2.75) is 116 Å². The van der Waals surface area contributed by atoms with E-state index in [-0.39, 0.29) is 18.7 Å². The lowest BCUT2D eigenvalue weighted by Gasteiger charge is -2.24. The standard InChI is InChI=1S/C23H48N2O3/c1-4-5-6-7-8-9-10-11-12-13-14-15-16-21(26)17-25-22(20(2)3)18-24-19-23(27)28/h20-22,24-26H,4-19H2,1-3H3,(H,27,28)/t21?,22-/m0/s1. The number of rotatable bonds is 21. The van der Waals surface area contributed by atoms with Gasteiger partial charge in [0.2, 0.25) is 0 Å². The van der Waals surface area contributed by atoms with E-state index in [1.54, 1.807) is 0 Å². The van der Waals surface area contributed by atoms with Gasteiger partial charge in [-0.1, -0.05) is 97.8 Å². The first-order valence-corrected chi connectivity index (χ1v) is 11.8. The van der Waals surface area contributed by atoms with Crippen molar-refractivity contribution in [1.29, 1.82) is 0 Å². The summed E-state index contributed by atoms with van der Waals surface area (Å²) in [7, 11) is 0. The van der Waals surface area contributed by atoms with Crippen LogP contribution in [0.3, 0.4) is 0 Å². The molecule has 168 valence electrons. The highest BCUT2D eigenvalue weighted by Gasteiger charge is 2.14. The largest absolute Gasteiger partial charge is 0.480 e. The van der Waals surface area contributed by atoms with Crippen molar-refractivity contribution in [2.24, 2.45) is 5.92 Å². The number of carboxylic acids is 1. The topological polar surface area (TPSA) is 81.6 Å². The predicted molar refractivity (Wildman–Crippen MR) is 119 cm³/mol. The van der Waals surface area contributed by atoms with Crippen LogP contribution in [-0.4, -0.2) is 48.0 Å². The van der Waals surface area contributed by atoms with Crippen LogP contribution in [0.1, 0.15) is 104 Å². The molecule has 0 rings (SSSR count). The average Bonchev–Trinajstić information content (AvgIpc) is 2.64. The molecule has 28 heavy (non-hydrogen) atoms. The molecule has 0 aromatic rings. The molecule has 0 aromatic carbocycles. The van der Waals surface area contributed by atoms with Gasteiger partial charge in [0.25, 0.3) is 0 Å². The van der Waals surface area contributed by atoms with Crippen molar-refractivity contribution in [3.63, 3.8) is 0 Å². The van der Waals surface area contributed by atoms with Crippen molar-refractivity contribution in [1.82, 2.24) is 10.6 Å². The van der Waals surface area contributed by atoms with Crippen LogP contribution in [0.4, 0.5) is 0 Å². The maximum atomic E-state index is 10.6. The van der Waals surface area contributed by atoms with Gasteiger partial charge < -0.3 is 20.8 Å². The van der Waals surface area contributed by atoms with Gasteiger partial charge in [-0.15, -0.1) is 0 Å². The number of carbonyl (C=O) groups is 1. The third-order valence-electron chi connectivity index (χ3n) is 5.45. The van der Waals surface area contributed by atoms with Crippen LogP contribution in [0.15, 0.2) is 0 Å². The van der Waals surface area contributed by atoms with Crippen molar-refractivity contribution in [3.05, 3.63) is 0 Å². The van der Waals surface area contributed by atoms with Gasteiger partial charge in [0, 0.05) is 19.1 Å². The fraction of sp³-hybridized carbons (Fsp3) is 0.957. The van der Waals surface area contributed by atoms with E-state index in [0.717, 1.165) is 12.8 Å². The van der Waals surface area contributed by atoms with Gasteiger partial charge >= 0.3 is 5.97 Å². The lowest BCUT2D eigenvalue weighted by molar-refractivity contribution is -0.136. The SMILES string of the molecule is CCCCCCCCCCCCCCC(O)CN[C@@H](CNCC(=O)O)C(C)C. The summed E-state index contributed by atoms with van der Waals surface area (Å²) in [5.41, 5.74) is 0. The summed E-state index contributed by atoms with van der Waals surface area (Å²) in [6, 6.07) is 0.177. The highest BCUT2D eigenvalue weighted by molar-refractivity contribution is 5.68. The summed E-state index contributed by atoms with van der Waals surface area (Å²) in [6.45, 7) is 7.65. The number of hydrogen-bond acceptors (Lipinski definition) is 4. The van der Waals surface area contributed by atoms with Crippen LogP contribution in [0, 0.1) is 5.92 Å². The van der Waals surface area contributed by atoms with Gasteiger partial charge in [0.05, 0.1) is 12.6 Å². The monoisotopic (exact) mass is 400 g/mol. The molecular formula is C23H48N2O3. The van der Waals surface area contributed by atoms with E-state index < -0.39 is 5.97 Å². The average molecular weight is 401 g/mol. The zero-order chi connectivity index (χ0) is 21.0. The molecule has 2 atom stereocenters. The lowest BCUT2D eigenvalue weighted by Crippen LogP contribution is -2.46. The van der Waals surface area contributed by atoms with Crippen molar-refractivity contribution in [2.75, 3.05) is 19.6 Å². The predicted octanol–water partition coefficient (Wildman–Crippen LogP) is 4.73. The van der Waals surface area contributed by atoms with Gasteiger partial charge in [-0.3, -0.25) is 4.79 Å². The number of hydrogen-bond donors (Lipinski definition) is 4. The van der Waals surface area contributed by atoms with Gasteiger partial charge in [0.15, 0.2) is 0 Å². The molecule has 0 bridgehead atoms. The van der Waals surface area contributed by atoms with Crippen molar-refractivity contribution in [3.8, 4) is 0 Å². The number of carboxylic acid groups (broad SMARTS) is 1. The van der Waals surface area contributed by atoms with Gasteiger partial charge in [0.1, 0.15) is 0 Å². The summed E-state index contributed by atoms with van der Waals surface area (Å²) in [4.78, 5) is 10.6. The van der Waals surface area contributed by atoms with Gasteiger partial charge in [-0.2, -0.15) is 0 Å². The normalized spacial score (nSPS) is 13.8. The third-order valence-corrected chi connectivity index (χ3v) is 5.45. The van der Waals surface area contributed by atoms with E-state index in [1.165, 1.54) is 70.6 Å². The molecule has 0 aliphatic heterocycles. The third kappa shape index (κ3) is 18.7. The highest BCUT2D eigenvalue weighted by atomic mass is 16.4. The Morgan fingerprint density at radius 3 is 1.79 bits per heavy atom. The van der Waals surface area contributed by atoms with E-state index in [9.17, 15) is 9.90 Å². The molecule has 0 aromatic heterocycles. The Hall–Kier alpha value is -0.650. The Bertz CT molecular complexity index is 351. The maximum absolute atomic E-state index is 10.6. The molecule has 1 unspecified atom stereocenters. The lowest BCUT2D eigenvalue weighted by atomic mass is 10.0. The molecule has 0 amide bonds. The number of aliphatic hydroxyl groups excluding tert-OH is 1. The summed E-state index contributed by atoms with van der Waals surface area (Å²) >= 11 is 0. The van der Waals surface area contributed by atoms with Crippen LogP contribution in [0.2, 0.25) is 0 Å². The fourth-order valence-corrected chi connectivity index (χ4v) is 3.49. The summed E-state index contributed by atoms with van der Waals surface area (Å²) in [5, 5.41) is 25.2. The van der Waals surface area contributed by atoms with Crippen LogP contribution in [-0.2, 0) is 4.79 Å². The van der Waals surface area contributed by atoms with E-state index in [0.29, 0.717) is 19.0 Å². The molecule has 0 fully saturated rings. The summed E-state index contributed by atoms with van der Waals surface area (Å²) in [6.07, 6.45) is 16.5. The molecular weight excluding hydrogens is 352 g/mol. The van der Waals surface area contributed by atoms with Crippen molar-refractivity contribution < 1.29 is 15.0 Å². The molecule has 0 spiro atoms. The second-order valence-corrected chi connectivity index (χ2v) is 8.61. The first-order chi connectivity index (χ1) is 13.5. The minimum absolute atomic E-state index is 0.0215. The minimum atomic E-state index is -0.838. The number of nitrogens with one attached hydrogen (secondary N) is 2. The molecule has 4 N–H and O–H groups in total. The molecule has 0 saturated heterocycles. The molecule has 0 heterocycles. The summed E-state index contributed by atoms with van der Waals surface area (Å²) < 4.78 is 0. The Labute approximate surface area is 174 Å². The van der Waals surface area contributed by atoms with E-state index in [1.807, 2.05) is 0 Å². The van der Waals surface area contributed by atoms with Crippen LogP contribution >= 0.6 is 0 Å². The molecule has 5 heteroatoms. The van der Waals surface area contributed by atoms with Crippen LogP contribution in [0.25, 0.3) is 0 Å². The quantitative estimate of drug-likeness (QED) is 0.209. The Morgan fingerprint density at radius 2 is 1.32 bits per heavy atom. The second-order valence-electron chi connectivity index (χ2n) is 8.61. The zero-order valence-electron chi connectivity index (χ0n) is 18.8. The minimum Gasteiger partial charge on any atom is -0.480 e. The maximum Gasteiger partial charge on any atom is 0.317 e. The van der Waals surface area contributed by atoms with Crippen molar-refractivity contribution >= 4 is 5.97 Å². The zero-order valence-corrected chi connectivity index (χ0v) is 18.8. The van der Waals surface area contributed by atoms with Gasteiger partial charge in [-0.25, -0.2) is 0 Å². The highest BCUT2D eigenvalue weighted by Crippen LogP contribution is 2.13. The first kappa shape index (κ1) is 27.4. The van der Waals surface area contributed by atoms with Crippen LogP contribution < -0.4 is 10.6 Å². The number of aliphatic hydroxyl groups is 1. The van der Waals surface area contributed by atoms with Crippen LogP contribution in [0.5, 0.6) is 0 Å². The van der Waals surface area contributed by atoms with Gasteiger partial charge in [-0.05, 0) is 12.3 Å². The molecule has 0 radical (unpaired) electrons. The number of aliphatic carboxylic acids is 1. The molecule has 0 aliphatic rings. The second kappa shape index (κ2) is 19.7. The fourth-order valence-electron chi connectivity index (χ4n) is 3.49. The molecule has 0 saturated carbocycles. The summed E-state index contributed by atoms with van der Waals surface area (Å²) in [5.74, 6) is -0.449. The van der Waals surface area contributed by atoms with E-state index in [4.69, 9.17) is 5.11 Å². The van der Waals surface area contributed by atoms with E-state index in [2.05, 4.69) is 31.4 Å². The number of unbranched alkanes of at least 4 members (excludes halogenated alkanes) is 11. The molecule has 0 aliphatic carbocycles. The first-order valence-electron chi connectivity index (χ1n) is 11.8. The Kier molecular flexibility index (Phi) is 19.2. The Morgan fingerprint density at radius 1 is 0.821 bits per heavy atom.